The number of β-amino-alcohol motifs (C(OH)–C–C–N with tert-alkyl or cyclic N) is 1. The van der Waals surface area contributed by atoms with Gasteiger partial charge in [0.15, 0.2) is 0 Å². The van der Waals surface area contributed by atoms with Crippen molar-refractivity contribution >= 4 is 29.3 Å². The summed E-state index contributed by atoms with van der Waals surface area (Å²) >= 11 is 0. The Morgan fingerprint density at radius 2 is 1.90 bits per heavy atom. The molecule has 30 heavy (non-hydrogen) atoms. The van der Waals surface area contributed by atoms with Gasteiger partial charge in [-0.25, -0.2) is 4.79 Å². The molecular weight excluding hydrogens is 408 g/mol. The number of phenols is 1. The van der Waals surface area contributed by atoms with Crippen LogP contribution in [0.3, 0.4) is 0 Å². The molecular formula is C21H25ClN4O4. The van der Waals surface area contributed by atoms with Crippen molar-refractivity contribution in [2.75, 3.05) is 19.6 Å². The SMILES string of the molecule is Cl.NC(=O)c1cc(C(O)CN2CCC(n3c(=O)[nH]c4ccccc43)CC2)ccc1O. The van der Waals surface area contributed by atoms with Gasteiger partial charge in [0, 0.05) is 25.7 Å². The van der Waals surface area contributed by atoms with Crippen LogP contribution < -0.4 is 11.4 Å². The maximum Gasteiger partial charge on any atom is 0.326 e. The number of aromatic nitrogens is 2. The molecule has 1 aromatic heterocycles. The standard InChI is InChI=1S/C21H24N4O4.ClH/c22-20(28)15-11-13(5-6-18(15)26)19(27)12-24-9-7-14(8-10-24)25-17-4-2-1-3-16(17)23-21(25)29;/h1-6,11,14,19,26-27H,7-10,12H2,(H2,22,28)(H,23,29);1H. The summed E-state index contributed by atoms with van der Waals surface area (Å²) < 4.78 is 1.84. The smallest absolute Gasteiger partial charge is 0.326 e. The normalized spacial score (nSPS) is 16.3. The Morgan fingerprint density at radius 3 is 2.60 bits per heavy atom. The fourth-order valence-electron chi connectivity index (χ4n) is 4.11. The molecule has 8 nitrogen and oxygen atoms in total. The molecule has 5 N–H and O–H groups in total. The van der Waals surface area contributed by atoms with Gasteiger partial charge < -0.3 is 25.8 Å². The van der Waals surface area contributed by atoms with E-state index in [0.29, 0.717) is 12.1 Å². The van der Waals surface area contributed by atoms with Crippen LogP contribution in [0, 0.1) is 0 Å². The fraction of sp³-hybridized carbons (Fsp3) is 0.333. The number of imidazole rings is 1. The molecule has 1 aliphatic rings. The number of primary amides is 1. The van der Waals surface area contributed by atoms with Crippen molar-refractivity contribution in [3.05, 3.63) is 64.1 Å². The molecule has 4 rings (SSSR count). The number of aliphatic hydroxyl groups excluding tert-OH is 1. The molecule has 0 spiro atoms. The number of piperidine rings is 1. The van der Waals surface area contributed by atoms with Gasteiger partial charge >= 0.3 is 5.69 Å². The molecule has 160 valence electrons. The van der Waals surface area contributed by atoms with Gasteiger partial charge in [0.05, 0.1) is 22.7 Å². The van der Waals surface area contributed by atoms with Gasteiger partial charge in [-0.15, -0.1) is 12.4 Å². The molecule has 1 aliphatic heterocycles. The lowest BCUT2D eigenvalue weighted by Gasteiger charge is -2.33. The molecule has 1 amide bonds. The number of benzene rings is 2. The van der Waals surface area contributed by atoms with Crippen molar-refractivity contribution in [1.82, 2.24) is 14.5 Å². The highest BCUT2D eigenvalue weighted by atomic mass is 35.5. The predicted octanol–water partition coefficient (Wildman–Crippen LogP) is 1.93. The van der Waals surface area contributed by atoms with Gasteiger partial charge in [-0.3, -0.25) is 9.36 Å². The number of aromatic hydroxyl groups is 1. The van der Waals surface area contributed by atoms with Crippen LogP contribution in [0.5, 0.6) is 5.75 Å². The van der Waals surface area contributed by atoms with Gasteiger partial charge in [-0.2, -0.15) is 0 Å². The number of nitrogens with one attached hydrogen (secondary N) is 1. The number of hydrogen-bond donors (Lipinski definition) is 4. The molecule has 1 fully saturated rings. The van der Waals surface area contributed by atoms with Crippen molar-refractivity contribution in [2.45, 2.75) is 25.0 Å². The highest BCUT2D eigenvalue weighted by Crippen LogP contribution is 2.27. The number of carbonyl (C=O) groups excluding carboxylic acids is 1. The first-order chi connectivity index (χ1) is 13.9. The van der Waals surface area contributed by atoms with Crippen LogP contribution in [0.25, 0.3) is 11.0 Å². The number of halogens is 1. The molecule has 2 heterocycles. The number of hydrogen-bond acceptors (Lipinski definition) is 5. The van der Waals surface area contributed by atoms with E-state index < -0.39 is 12.0 Å². The van der Waals surface area contributed by atoms with Crippen LogP contribution in [-0.2, 0) is 0 Å². The molecule has 1 unspecified atom stereocenters. The van der Waals surface area contributed by atoms with Crippen molar-refractivity contribution in [3.63, 3.8) is 0 Å². The zero-order valence-corrected chi connectivity index (χ0v) is 17.1. The van der Waals surface area contributed by atoms with E-state index in [0.717, 1.165) is 37.0 Å². The molecule has 9 heteroatoms. The quantitative estimate of drug-likeness (QED) is 0.490. The van der Waals surface area contributed by atoms with E-state index in [1.807, 2.05) is 28.8 Å². The number of nitrogens with zero attached hydrogens (tertiary/aromatic N) is 2. The topological polar surface area (TPSA) is 125 Å². The molecule has 3 aromatic rings. The first kappa shape index (κ1) is 21.9. The van der Waals surface area contributed by atoms with Crippen LogP contribution in [0.4, 0.5) is 0 Å². The summed E-state index contributed by atoms with van der Waals surface area (Å²) in [5.41, 5.74) is 7.46. The van der Waals surface area contributed by atoms with Crippen molar-refractivity contribution in [1.29, 1.82) is 0 Å². The molecule has 1 saturated heterocycles. The van der Waals surface area contributed by atoms with Crippen LogP contribution in [0.2, 0.25) is 0 Å². The zero-order valence-electron chi connectivity index (χ0n) is 16.3. The van der Waals surface area contributed by atoms with Crippen molar-refractivity contribution < 1.29 is 15.0 Å². The summed E-state index contributed by atoms with van der Waals surface area (Å²) in [5.74, 6) is -0.931. The Bertz CT molecular complexity index is 1100. The van der Waals surface area contributed by atoms with Crippen molar-refractivity contribution in [2.24, 2.45) is 5.73 Å². The number of fused-ring (bicyclic) bond motifs is 1. The Labute approximate surface area is 179 Å². The Balaban J connectivity index is 0.00000256. The van der Waals surface area contributed by atoms with Gasteiger partial charge in [0.2, 0.25) is 0 Å². The lowest BCUT2D eigenvalue weighted by molar-refractivity contribution is 0.0904. The number of para-hydroxylation sites is 2. The van der Waals surface area contributed by atoms with Gasteiger partial charge in [-0.1, -0.05) is 18.2 Å². The monoisotopic (exact) mass is 432 g/mol. The van der Waals surface area contributed by atoms with Crippen LogP contribution in [0.15, 0.2) is 47.3 Å². The molecule has 0 saturated carbocycles. The van der Waals surface area contributed by atoms with E-state index in [9.17, 15) is 19.8 Å². The van der Waals surface area contributed by atoms with E-state index in [2.05, 4.69) is 9.88 Å². The lowest BCUT2D eigenvalue weighted by atomic mass is 10.0. The highest BCUT2D eigenvalue weighted by molar-refractivity contribution is 5.95. The number of aromatic amines is 1. The first-order valence-electron chi connectivity index (χ1n) is 9.66. The second kappa shape index (κ2) is 8.91. The fourth-order valence-corrected chi connectivity index (χ4v) is 4.11. The number of likely N-dealkylation sites (tertiary alicyclic amines) is 1. The second-order valence-corrected chi connectivity index (χ2v) is 7.51. The Morgan fingerprint density at radius 1 is 1.20 bits per heavy atom. The summed E-state index contributed by atoms with van der Waals surface area (Å²) in [5, 5.41) is 20.3. The van der Waals surface area contributed by atoms with Gasteiger partial charge in [0.25, 0.3) is 5.91 Å². The summed E-state index contributed by atoms with van der Waals surface area (Å²) in [4.78, 5) is 28.8. The average molecular weight is 433 g/mol. The van der Waals surface area contributed by atoms with E-state index in [1.54, 1.807) is 6.07 Å². The van der Waals surface area contributed by atoms with Gasteiger partial charge in [-0.05, 0) is 42.7 Å². The van der Waals surface area contributed by atoms with E-state index in [-0.39, 0.29) is 35.5 Å². The van der Waals surface area contributed by atoms with Crippen LogP contribution >= 0.6 is 12.4 Å². The second-order valence-electron chi connectivity index (χ2n) is 7.51. The summed E-state index contributed by atoms with van der Waals surface area (Å²) in [7, 11) is 0. The summed E-state index contributed by atoms with van der Waals surface area (Å²) in [6, 6.07) is 12.2. The van der Waals surface area contributed by atoms with E-state index in [1.165, 1.54) is 12.1 Å². The zero-order chi connectivity index (χ0) is 20.5. The minimum absolute atomic E-state index is 0. The number of rotatable bonds is 5. The third-order valence-corrected chi connectivity index (χ3v) is 5.65. The van der Waals surface area contributed by atoms with E-state index in [4.69, 9.17) is 5.73 Å². The van der Waals surface area contributed by atoms with E-state index >= 15 is 0 Å². The lowest BCUT2D eigenvalue weighted by Crippen LogP contribution is -2.39. The summed E-state index contributed by atoms with van der Waals surface area (Å²) in [6.45, 7) is 1.89. The Hall–Kier alpha value is -2.81. The van der Waals surface area contributed by atoms with Crippen LogP contribution in [0.1, 0.15) is 40.9 Å². The number of H-pyrrole nitrogens is 1. The minimum Gasteiger partial charge on any atom is -0.507 e. The third kappa shape index (κ3) is 4.21. The number of nitrogens with two attached hydrogens (primary N) is 1. The van der Waals surface area contributed by atoms with Gasteiger partial charge in [0.1, 0.15) is 5.75 Å². The number of carbonyl (C=O) groups is 1. The Kier molecular flexibility index (Phi) is 6.50. The molecule has 1 atom stereocenters. The maximum atomic E-state index is 12.4. The number of amides is 1. The highest BCUT2D eigenvalue weighted by Gasteiger charge is 2.25. The first-order valence-corrected chi connectivity index (χ1v) is 9.66. The number of aliphatic hydroxyl groups is 1. The van der Waals surface area contributed by atoms with Crippen molar-refractivity contribution in [3.8, 4) is 5.75 Å². The van der Waals surface area contributed by atoms with Crippen LogP contribution in [-0.4, -0.2) is 50.2 Å². The molecule has 2 aromatic carbocycles. The summed E-state index contributed by atoms with van der Waals surface area (Å²) in [6.07, 6.45) is 0.800. The largest absolute Gasteiger partial charge is 0.507 e. The predicted molar refractivity (Wildman–Crippen MR) is 116 cm³/mol. The molecule has 0 radical (unpaired) electrons. The minimum atomic E-state index is -0.805. The molecule has 0 bridgehead atoms. The average Bonchev–Trinajstić information content (AvgIpc) is 3.04. The third-order valence-electron chi connectivity index (χ3n) is 5.65. The molecule has 0 aliphatic carbocycles. The maximum absolute atomic E-state index is 12.4.